The van der Waals surface area contributed by atoms with Crippen LogP contribution in [0.4, 0.5) is 13.2 Å². The lowest BCUT2D eigenvalue weighted by Gasteiger charge is -2.00. The molecule has 0 unspecified atom stereocenters. The van der Waals surface area contributed by atoms with Crippen LogP contribution in [0.25, 0.3) is 5.78 Å². The third kappa shape index (κ3) is 2.96. The Kier molecular flexibility index (Phi) is 3.61. The highest BCUT2D eigenvalue weighted by Gasteiger charge is 2.35. The SMILES string of the molecule is O=c1cc(CSc2ccccn2)nc2nc(C(F)(F)F)[nH]n12. The van der Waals surface area contributed by atoms with Gasteiger partial charge in [-0.25, -0.2) is 9.97 Å². The molecule has 3 aromatic heterocycles. The van der Waals surface area contributed by atoms with E-state index in [2.05, 4.69) is 15.0 Å². The zero-order valence-electron chi connectivity index (χ0n) is 10.8. The van der Waals surface area contributed by atoms with Crippen molar-refractivity contribution in [3.8, 4) is 0 Å². The van der Waals surface area contributed by atoms with Crippen LogP contribution in [0, 0.1) is 0 Å². The molecule has 3 heterocycles. The molecular weight excluding hydrogens is 319 g/mol. The number of pyridine rings is 1. The third-order valence-electron chi connectivity index (χ3n) is 2.66. The Labute approximate surface area is 125 Å². The number of aromatic amines is 1. The van der Waals surface area contributed by atoms with E-state index >= 15 is 0 Å². The normalized spacial score (nSPS) is 12.0. The molecule has 0 aromatic carbocycles. The van der Waals surface area contributed by atoms with Gasteiger partial charge in [-0.2, -0.15) is 22.7 Å². The third-order valence-corrected chi connectivity index (χ3v) is 3.64. The smallest absolute Gasteiger partial charge is 0.267 e. The zero-order chi connectivity index (χ0) is 15.7. The van der Waals surface area contributed by atoms with Crippen molar-refractivity contribution in [1.82, 2.24) is 24.6 Å². The number of fused-ring (bicyclic) bond motifs is 1. The van der Waals surface area contributed by atoms with Crippen molar-refractivity contribution >= 4 is 17.5 Å². The number of nitrogens with one attached hydrogen (secondary N) is 1. The Balaban J connectivity index is 1.90. The lowest BCUT2D eigenvalue weighted by molar-refractivity contribution is -0.144. The summed E-state index contributed by atoms with van der Waals surface area (Å²) in [7, 11) is 0. The van der Waals surface area contributed by atoms with Gasteiger partial charge in [0, 0.05) is 18.0 Å². The molecule has 0 radical (unpaired) electrons. The fraction of sp³-hybridized carbons (Fsp3) is 0.167. The van der Waals surface area contributed by atoms with Gasteiger partial charge in [0.05, 0.1) is 10.7 Å². The monoisotopic (exact) mass is 327 g/mol. The molecule has 10 heteroatoms. The van der Waals surface area contributed by atoms with Gasteiger partial charge in [0.2, 0.25) is 5.82 Å². The summed E-state index contributed by atoms with van der Waals surface area (Å²) in [5, 5.41) is 2.62. The lowest BCUT2D eigenvalue weighted by Crippen LogP contribution is -2.16. The Bertz CT molecular complexity index is 859. The van der Waals surface area contributed by atoms with E-state index in [9.17, 15) is 18.0 Å². The molecule has 0 saturated carbocycles. The summed E-state index contributed by atoms with van der Waals surface area (Å²) < 4.78 is 38.4. The molecule has 1 N–H and O–H groups in total. The van der Waals surface area contributed by atoms with Crippen LogP contribution in [0.3, 0.4) is 0 Å². The molecule has 22 heavy (non-hydrogen) atoms. The maximum absolute atomic E-state index is 12.6. The summed E-state index contributed by atoms with van der Waals surface area (Å²) in [6.07, 6.45) is -3.04. The van der Waals surface area contributed by atoms with E-state index in [1.54, 1.807) is 18.3 Å². The van der Waals surface area contributed by atoms with Crippen LogP contribution in [0.5, 0.6) is 0 Å². The molecule has 114 valence electrons. The molecule has 0 atom stereocenters. The summed E-state index contributed by atoms with van der Waals surface area (Å²) in [5.74, 6) is -1.26. The van der Waals surface area contributed by atoms with Gasteiger partial charge in [-0.1, -0.05) is 6.07 Å². The first-order valence-electron chi connectivity index (χ1n) is 6.03. The van der Waals surface area contributed by atoms with E-state index in [-0.39, 0.29) is 5.78 Å². The zero-order valence-corrected chi connectivity index (χ0v) is 11.6. The minimum Gasteiger partial charge on any atom is -0.267 e. The van der Waals surface area contributed by atoms with Crippen LogP contribution >= 0.6 is 11.8 Å². The highest BCUT2D eigenvalue weighted by atomic mass is 32.2. The average Bonchev–Trinajstić information content (AvgIpc) is 2.91. The van der Waals surface area contributed by atoms with E-state index in [0.717, 1.165) is 5.03 Å². The molecule has 0 aliphatic carbocycles. The number of rotatable bonds is 3. The van der Waals surface area contributed by atoms with Gasteiger partial charge in [0.15, 0.2) is 0 Å². The maximum Gasteiger partial charge on any atom is 0.451 e. The molecule has 0 fully saturated rings. The molecule has 6 nitrogen and oxygen atoms in total. The lowest BCUT2D eigenvalue weighted by atomic mass is 10.4. The molecular formula is C12H8F3N5OS. The van der Waals surface area contributed by atoms with Crippen LogP contribution < -0.4 is 5.56 Å². The number of alkyl halides is 3. The van der Waals surface area contributed by atoms with Gasteiger partial charge in [-0.05, 0) is 12.1 Å². The second-order valence-corrected chi connectivity index (χ2v) is 5.24. The van der Waals surface area contributed by atoms with Gasteiger partial charge in [-0.3, -0.25) is 9.89 Å². The predicted molar refractivity (Wildman–Crippen MR) is 72.4 cm³/mol. The number of hydrogen-bond donors (Lipinski definition) is 1. The highest BCUT2D eigenvalue weighted by molar-refractivity contribution is 7.98. The van der Waals surface area contributed by atoms with Crippen LogP contribution in [-0.2, 0) is 11.9 Å². The number of thioether (sulfide) groups is 1. The molecule has 0 spiro atoms. The van der Waals surface area contributed by atoms with Crippen molar-refractivity contribution in [2.75, 3.05) is 0 Å². The Morgan fingerprint density at radius 3 is 2.77 bits per heavy atom. The number of hydrogen-bond acceptors (Lipinski definition) is 5. The maximum atomic E-state index is 12.6. The van der Waals surface area contributed by atoms with Crippen LogP contribution in [-0.4, -0.2) is 24.6 Å². The number of nitrogens with zero attached hydrogens (tertiary/aromatic N) is 4. The Morgan fingerprint density at radius 1 is 1.27 bits per heavy atom. The highest BCUT2D eigenvalue weighted by Crippen LogP contribution is 2.26. The summed E-state index contributed by atoms with van der Waals surface area (Å²) in [5.41, 5.74) is -0.314. The first-order valence-corrected chi connectivity index (χ1v) is 7.02. The molecule has 0 saturated heterocycles. The van der Waals surface area contributed by atoms with Crippen molar-refractivity contribution in [3.05, 3.63) is 52.3 Å². The molecule has 0 aliphatic heterocycles. The van der Waals surface area contributed by atoms with Gasteiger partial charge in [0.25, 0.3) is 11.3 Å². The van der Waals surface area contributed by atoms with Gasteiger partial charge in [-0.15, -0.1) is 11.8 Å². The van der Waals surface area contributed by atoms with Crippen LogP contribution in [0.2, 0.25) is 0 Å². The Hall–Kier alpha value is -2.36. The minimum absolute atomic E-state index is 0.303. The second kappa shape index (κ2) is 5.44. The molecule has 3 rings (SSSR count). The average molecular weight is 327 g/mol. The van der Waals surface area contributed by atoms with E-state index in [1.165, 1.54) is 17.8 Å². The first-order chi connectivity index (χ1) is 10.4. The van der Waals surface area contributed by atoms with E-state index in [0.29, 0.717) is 16.0 Å². The predicted octanol–water partition coefficient (Wildman–Crippen LogP) is 2.12. The Morgan fingerprint density at radius 2 is 2.09 bits per heavy atom. The first kappa shape index (κ1) is 14.6. The molecule has 0 bridgehead atoms. The summed E-state index contributed by atoms with van der Waals surface area (Å²) in [6.45, 7) is 0. The van der Waals surface area contributed by atoms with Gasteiger partial charge >= 0.3 is 6.18 Å². The number of H-pyrrole nitrogens is 1. The van der Waals surface area contributed by atoms with Crippen LogP contribution in [0.15, 0.2) is 40.3 Å². The summed E-state index contributed by atoms with van der Waals surface area (Å²) >= 11 is 1.32. The van der Waals surface area contributed by atoms with Crippen molar-refractivity contribution in [2.24, 2.45) is 0 Å². The standard InChI is InChI=1S/C12H8F3N5OS/c13-12(14,15)10-18-11-17-7(5-9(21)20(11)19-10)6-22-8-3-1-2-4-16-8/h1-5H,6H2,(H,17,18,19). The van der Waals surface area contributed by atoms with Gasteiger partial charge in [0.1, 0.15) is 0 Å². The summed E-state index contributed by atoms with van der Waals surface area (Å²) in [6, 6.07) is 6.53. The molecule has 3 aromatic rings. The minimum atomic E-state index is -4.66. The largest absolute Gasteiger partial charge is 0.451 e. The topological polar surface area (TPSA) is 75.9 Å². The molecule has 0 aliphatic rings. The molecule has 0 amide bonds. The van der Waals surface area contributed by atoms with Crippen LogP contribution in [0.1, 0.15) is 11.5 Å². The second-order valence-electron chi connectivity index (χ2n) is 4.25. The van der Waals surface area contributed by atoms with Crippen molar-refractivity contribution in [3.63, 3.8) is 0 Å². The fourth-order valence-corrected chi connectivity index (χ4v) is 2.46. The van der Waals surface area contributed by atoms with Crippen molar-refractivity contribution in [2.45, 2.75) is 17.0 Å². The van der Waals surface area contributed by atoms with Gasteiger partial charge < -0.3 is 0 Å². The van der Waals surface area contributed by atoms with E-state index in [4.69, 9.17) is 0 Å². The summed E-state index contributed by atoms with van der Waals surface area (Å²) in [4.78, 5) is 23.2. The van der Waals surface area contributed by atoms with Crippen molar-refractivity contribution < 1.29 is 13.2 Å². The van der Waals surface area contributed by atoms with E-state index in [1.807, 2.05) is 11.2 Å². The quantitative estimate of drug-likeness (QED) is 0.746. The number of halogens is 3. The van der Waals surface area contributed by atoms with E-state index < -0.39 is 17.6 Å². The number of aromatic nitrogens is 5. The fourth-order valence-electron chi connectivity index (χ4n) is 1.71. The van der Waals surface area contributed by atoms with Crippen molar-refractivity contribution in [1.29, 1.82) is 0 Å².